The van der Waals surface area contributed by atoms with Crippen molar-refractivity contribution in [3.8, 4) is 0 Å². The number of hydrogen-bond acceptors (Lipinski definition) is 4. The lowest BCUT2D eigenvalue weighted by Crippen LogP contribution is -2.39. The zero-order valence-electron chi connectivity index (χ0n) is 10.4. The molecule has 4 nitrogen and oxygen atoms in total. The van der Waals surface area contributed by atoms with Crippen molar-refractivity contribution in [2.45, 2.75) is 56.5 Å². The fourth-order valence-corrected chi connectivity index (χ4v) is 3.11. The van der Waals surface area contributed by atoms with Gasteiger partial charge in [0.1, 0.15) is 0 Å². The molecular weight excluding hydrogens is 240 g/mol. The summed E-state index contributed by atoms with van der Waals surface area (Å²) >= 11 is 1.55. The molecular formula is C12H22O4S. The quantitative estimate of drug-likeness (QED) is 0.700. The topological polar surface area (TPSA) is 77.8 Å². The summed E-state index contributed by atoms with van der Waals surface area (Å²) in [6, 6.07) is 0. The Kier molecular flexibility index (Phi) is 5.28. The SMILES string of the molecule is CC(O)C(C)SCC1(O)CCC(C(=O)O)CC1. The second kappa shape index (κ2) is 6.07. The van der Waals surface area contributed by atoms with Crippen LogP contribution in [-0.4, -0.2) is 44.0 Å². The first kappa shape index (κ1) is 14.8. The Hall–Kier alpha value is -0.260. The number of carbonyl (C=O) groups is 1. The third-order valence-electron chi connectivity index (χ3n) is 3.56. The molecule has 2 atom stereocenters. The van der Waals surface area contributed by atoms with Gasteiger partial charge in [-0.15, -0.1) is 0 Å². The van der Waals surface area contributed by atoms with E-state index in [1.54, 1.807) is 18.7 Å². The molecule has 100 valence electrons. The van der Waals surface area contributed by atoms with Crippen LogP contribution in [0, 0.1) is 5.92 Å². The molecule has 0 aromatic heterocycles. The van der Waals surface area contributed by atoms with Gasteiger partial charge in [0.2, 0.25) is 0 Å². The molecule has 1 aliphatic carbocycles. The van der Waals surface area contributed by atoms with Crippen LogP contribution in [0.1, 0.15) is 39.5 Å². The van der Waals surface area contributed by atoms with Crippen LogP contribution in [0.15, 0.2) is 0 Å². The van der Waals surface area contributed by atoms with Gasteiger partial charge in [-0.3, -0.25) is 4.79 Å². The first-order chi connectivity index (χ1) is 7.84. The van der Waals surface area contributed by atoms with Crippen molar-refractivity contribution in [3.63, 3.8) is 0 Å². The van der Waals surface area contributed by atoms with Crippen LogP contribution in [0.2, 0.25) is 0 Å². The van der Waals surface area contributed by atoms with Crippen molar-refractivity contribution in [2.24, 2.45) is 5.92 Å². The van der Waals surface area contributed by atoms with Crippen molar-refractivity contribution in [1.82, 2.24) is 0 Å². The van der Waals surface area contributed by atoms with E-state index < -0.39 is 11.6 Å². The zero-order valence-corrected chi connectivity index (χ0v) is 11.2. The summed E-state index contributed by atoms with van der Waals surface area (Å²) in [6.45, 7) is 3.67. The van der Waals surface area contributed by atoms with E-state index in [0.717, 1.165) is 0 Å². The highest BCUT2D eigenvalue weighted by Crippen LogP contribution is 2.35. The smallest absolute Gasteiger partial charge is 0.306 e. The lowest BCUT2D eigenvalue weighted by Gasteiger charge is -2.35. The largest absolute Gasteiger partial charge is 0.481 e. The van der Waals surface area contributed by atoms with E-state index in [4.69, 9.17) is 5.11 Å². The molecule has 5 heteroatoms. The van der Waals surface area contributed by atoms with Gasteiger partial charge in [-0.05, 0) is 32.6 Å². The highest BCUT2D eigenvalue weighted by atomic mass is 32.2. The fraction of sp³-hybridized carbons (Fsp3) is 0.917. The Morgan fingerprint density at radius 2 is 1.94 bits per heavy atom. The highest BCUT2D eigenvalue weighted by molar-refractivity contribution is 8.00. The van der Waals surface area contributed by atoms with E-state index in [0.29, 0.717) is 31.4 Å². The standard InChI is InChI=1S/C12H22O4S/c1-8(13)9(2)17-7-12(16)5-3-10(4-6-12)11(14)15/h8-10,13,16H,3-7H2,1-2H3,(H,14,15). The van der Waals surface area contributed by atoms with Gasteiger partial charge in [0, 0.05) is 11.0 Å². The van der Waals surface area contributed by atoms with Crippen molar-refractivity contribution in [1.29, 1.82) is 0 Å². The van der Waals surface area contributed by atoms with Crippen LogP contribution in [0.3, 0.4) is 0 Å². The van der Waals surface area contributed by atoms with E-state index in [1.165, 1.54) is 0 Å². The van der Waals surface area contributed by atoms with Crippen molar-refractivity contribution in [2.75, 3.05) is 5.75 Å². The van der Waals surface area contributed by atoms with Crippen LogP contribution in [0.5, 0.6) is 0 Å². The number of carboxylic acid groups (broad SMARTS) is 1. The van der Waals surface area contributed by atoms with Crippen LogP contribution in [0.25, 0.3) is 0 Å². The normalized spacial score (nSPS) is 33.1. The Morgan fingerprint density at radius 3 is 2.35 bits per heavy atom. The maximum atomic E-state index is 10.8. The second-order valence-corrected chi connectivity index (χ2v) is 6.46. The maximum absolute atomic E-state index is 10.8. The van der Waals surface area contributed by atoms with Crippen molar-refractivity contribution < 1.29 is 20.1 Å². The number of carboxylic acids is 1. The lowest BCUT2D eigenvalue weighted by molar-refractivity contribution is -0.144. The van der Waals surface area contributed by atoms with Gasteiger partial charge in [-0.2, -0.15) is 11.8 Å². The van der Waals surface area contributed by atoms with Gasteiger partial charge < -0.3 is 15.3 Å². The average Bonchev–Trinajstić information content (AvgIpc) is 2.26. The summed E-state index contributed by atoms with van der Waals surface area (Å²) in [5.41, 5.74) is -0.750. The Morgan fingerprint density at radius 1 is 1.41 bits per heavy atom. The third kappa shape index (κ3) is 4.48. The number of aliphatic carboxylic acids is 1. The van der Waals surface area contributed by atoms with Crippen LogP contribution >= 0.6 is 11.8 Å². The molecule has 0 amide bonds. The summed E-state index contributed by atoms with van der Waals surface area (Å²) in [6.07, 6.45) is 1.80. The predicted molar refractivity (Wildman–Crippen MR) is 68.1 cm³/mol. The minimum Gasteiger partial charge on any atom is -0.481 e. The van der Waals surface area contributed by atoms with Gasteiger partial charge in [-0.1, -0.05) is 6.92 Å². The molecule has 3 N–H and O–H groups in total. The fourth-order valence-electron chi connectivity index (χ4n) is 1.97. The number of aliphatic hydroxyl groups is 2. The van der Waals surface area contributed by atoms with E-state index in [9.17, 15) is 15.0 Å². The van der Waals surface area contributed by atoms with Crippen molar-refractivity contribution >= 4 is 17.7 Å². The molecule has 0 bridgehead atoms. The Balaban J connectivity index is 2.37. The Bertz CT molecular complexity index is 259. The maximum Gasteiger partial charge on any atom is 0.306 e. The van der Waals surface area contributed by atoms with Gasteiger partial charge >= 0.3 is 5.97 Å². The first-order valence-corrected chi connectivity index (χ1v) is 7.14. The minimum atomic E-state index is -0.753. The molecule has 1 aliphatic rings. The molecule has 1 rings (SSSR count). The molecule has 1 fully saturated rings. The summed E-state index contributed by atoms with van der Waals surface area (Å²) in [5.74, 6) is -0.475. The summed E-state index contributed by atoms with van der Waals surface area (Å²) in [5, 5.41) is 28.6. The molecule has 1 saturated carbocycles. The molecule has 17 heavy (non-hydrogen) atoms. The average molecular weight is 262 g/mol. The van der Waals surface area contributed by atoms with E-state index >= 15 is 0 Å². The van der Waals surface area contributed by atoms with E-state index in [2.05, 4.69) is 0 Å². The van der Waals surface area contributed by atoms with E-state index in [1.807, 2.05) is 6.92 Å². The molecule has 0 radical (unpaired) electrons. The molecule has 0 spiro atoms. The summed E-state index contributed by atoms with van der Waals surface area (Å²) in [4.78, 5) is 10.8. The highest BCUT2D eigenvalue weighted by Gasteiger charge is 2.36. The van der Waals surface area contributed by atoms with Gasteiger partial charge in [-0.25, -0.2) is 0 Å². The molecule has 0 saturated heterocycles. The monoisotopic (exact) mass is 262 g/mol. The van der Waals surface area contributed by atoms with Crippen LogP contribution in [0.4, 0.5) is 0 Å². The molecule has 0 aromatic carbocycles. The summed E-state index contributed by atoms with van der Waals surface area (Å²) < 4.78 is 0. The second-order valence-electron chi connectivity index (χ2n) is 5.09. The third-order valence-corrected chi connectivity index (χ3v) is 5.18. The predicted octanol–water partition coefficient (Wildman–Crippen LogP) is 1.49. The molecule has 0 aromatic rings. The minimum absolute atomic E-state index is 0.0937. The molecule has 0 aliphatic heterocycles. The lowest BCUT2D eigenvalue weighted by atomic mass is 9.80. The van der Waals surface area contributed by atoms with Crippen LogP contribution in [-0.2, 0) is 4.79 Å². The zero-order chi connectivity index (χ0) is 13.1. The number of hydrogen-bond donors (Lipinski definition) is 3. The Labute approximate surface area is 106 Å². The number of aliphatic hydroxyl groups excluding tert-OH is 1. The first-order valence-electron chi connectivity index (χ1n) is 6.09. The van der Waals surface area contributed by atoms with Crippen molar-refractivity contribution in [3.05, 3.63) is 0 Å². The van der Waals surface area contributed by atoms with Gasteiger partial charge in [0.15, 0.2) is 0 Å². The van der Waals surface area contributed by atoms with Crippen LogP contribution < -0.4 is 0 Å². The molecule has 2 unspecified atom stereocenters. The van der Waals surface area contributed by atoms with Gasteiger partial charge in [0.25, 0.3) is 0 Å². The summed E-state index contributed by atoms with van der Waals surface area (Å²) in [7, 11) is 0. The number of thioether (sulfide) groups is 1. The number of rotatable bonds is 5. The van der Waals surface area contributed by atoms with E-state index in [-0.39, 0.29) is 17.3 Å². The molecule has 0 heterocycles. The van der Waals surface area contributed by atoms with Gasteiger partial charge in [0.05, 0.1) is 17.6 Å².